The summed E-state index contributed by atoms with van der Waals surface area (Å²) in [5.74, 6) is 1.80. The van der Waals surface area contributed by atoms with E-state index in [-0.39, 0.29) is 6.10 Å². The van der Waals surface area contributed by atoms with Gasteiger partial charge in [-0.3, -0.25) is 4.90 Å². The third-order valence-electron chi connectivity index (χ3n) is 5.46. The van der Waals surface area contributed by atoms with Crippen LogP contribution in [0, 0.1) is 5.92 Å². The first-order valence-corrected chi connectivity index (χ1v) is 8.94. The molecule has 1 aliphatic heterocycles. The molecule has 3 aliphatic rings. The number of ether oxygens (including phenoxy) is 3. The van der Waals surface area contributed by atoms with Crippen molar-refractivity contribution in [1.29, 1.82) is 0 Å². The van der Waals surface area contributed by atoms with Crippen molar-refractivity contribution in [3.63, 3.8) is 0 Å². The van der Waals surface area contributed by atoms with Crippen LogP contribution in [0.4, 0.5) is 0 Å². The highest BCUT2D eigenvalue weighted by atomic mass is 16.5. The predicted octanol–water partition coefficient (Wildman–Crippen LogP) is 2.85. The van der Waals surface area contributed by atoms with Crippen LogP contribution in [0.3, 0.4) is 0 Å². The summed E-state index contributed by atoms with van der Waals surface area (Å²) < 4.78 is 17.8. The first-order chi connectivity index (χ1) is 11.3. The molecule has 0 amide bonds. The van der Waals surface area contributed by atoms with Crippen LogP contribution in [-0.2, 0) is 16.0 Å². The van der Waals surface area contributed by atoms with Crippen molar-refractivity contribution in [2.24, 2.45) is 5.92 Å². The molecule has 1 heterocycles. The molecule has 0 radical (unpaired) electrons. The van der Waals surface area contributed by atoms with Crippen molar-refractivity contribution >= 4 is 0 Å². The number of morpholine rings is 1. The fourth-order valence-electron chi connectivity index (χ4n) is 3.96. The Hall–Kier alpha value is -1.10. The van der Waals surface area contributed by atoms with Gasteiger partial charge in [0.1, 0.15) is 5.75 Å². The molecular formula is C19H27NO3. The van der Waals surface area contributed by atoms with Crippen molar-refractivity contribution < 1.29 is 14.2 Å². The predicted molar refractivity (Wildman–Crippen MR) is 88.6 cm³/mol. The van der Waals surface area contributed by atoms with Gasteiger partial charge in [-0.1, -0.05) is 18.2 Å². The molecule has 126 valence electrons. The largest absolute Gasteiger partial charge is 0.496 e. The third kappa shape index (κ3) is 3.39. The van der Waals surface area contributed by atoms with Crippen LogP contribution in [0.15, 0.2) is 24.3 Å². The number of nitrogens with zero attached hydrogens (tertiary/aromatic N) is 1. The monoisotopic (exact) mass is 317 g/mol. The molecule has 4 heteroatoms. The standard InChI is InChI=1S/C19H27NO3/c1-21-17-5-3-2-4-15(17)12-20-10-11-22-19-16(20)8-9-18(19)23-13-14-6-7-14/h2-5,14,16,18-19H,6-13H2,1H3/t16-,18+,19+/m1/s1. The highest BCUT2D eigenvalue weighted by molar-refractivity contribution is 5.33. The summed E-state index contributed by atoms with van der Waals surface area (Å²) in [5.41, 5.74) is 1.26. The fourth-order valence-corrected chi connectivity index (χ4v) is 3.96. The Labute approximate surface area is 138 Å². The maximum absolute atomic E-state index is 6.16. The van der Waals surface area contributed by atoms with E-state index in [1.165, 1.54) is 24.8 Å². The van der Waals surface area contributed by atoms with Gasteiger partial charge < -0.3 is 14.2 Å². The number of rotatable bonds is 6. The van der Waals surface area contributed by atoms with Crippen LogP contribution >= 0.6 is 0 Å². The summed E-state index contributed by atoms with van der Waals surface area (Å²) in [6, 6.07) is 8.81. The summed E-state index contributed by atoms with van der Waals surface area (Å²) in [7, 11) is 1.75. The zero-order chi connectivity index (χ0) is 15.6. The second-order valence-electron chi connectivity index (χ2n) is 7.08. The van der Waals surface area contributed by atoms with Gasteiger partial charge >= 0.3 is 0 Å². The van der Waals surface area contributed by atoms with Crippen molar-refractivity contribution in [1.82, 2.24) is 4.90 Å². The second-order valence-corrected chi connectivity index (χ2v) is 7.08. The number of para-hydroxylation sites is 1. The van der Waals surface area contributed by atoms with E-state index in [4.69, 9.17) is 14.2 Å². The molecule has 0 unspecified atom stereocenters. The zero-order valence-corrected chi connectivity index (χ0v) is 13.9. The summed E-state index contributed by atoms with van der Waals surface area (Å²) in [5, 5.41) is 0. The Kier molecular flexibility index (Phi) is 4.56. The number of benzene rings is 1. The maximum Gasteiger partial charge on any atom is 0.123 e. The van der Waals surface area contributed by atoms with E-state index in [0.29, 0.717) is 12.1 Å². The first-order valence-electron chi connectivity index (χ1n) is 8.94. The molecule has 1 aromatic carbocycles. The number of methoxy groups -OCH3 is 1. The molecule has 2 aliphatic carbocycles. The zero-order valence-electron chi connectivity index (χ0n) is 13.9. The molecule has 4 nitrogen and oxygen atoms in total. The second kappa shape index (κ2) is 6.80. The highest BCUT2D eigenvalue weighted by Crippen LogP contribution is 2.36. The van der Waals surface area contributed by atoms with Crippen LogP contribution in [-0.4, -0.2) is 50.0 Å². The van der Waals surface area contributed by atoms with Crippen molar-refractivity contribution in [2.45, 2.75) is 50.5 Å². The van der Waals surface area contributed by atoms with E-state index in [9.17, 15) is 0 Å². The average Bonchev–Trinajstić information content (AvgIpc) is 3.33. The Bertz CT molecular complexity index is 531. The van der Waals surface area contributed by atoms with Gasteiger partial charge in [-0.05, 0) is 37.7 Å². The molecule has 0 N–H and O–H groups in total. The van der Waals surface area contributed by atoms with E-state index in [1.807, 2.05) is 12.1 Å². The van der Waals surface area contributed by atoms with E-state index in [2.05, 4.69) is 17.0 Å². The molecule has 0 bridgehead atoms. The Balaban J connectivity index is 1.41. The lowest BCUT2D eigenvalue weighted by molar-refractivity contribution is -0.116. The summed E-state index contributed by atoms with van der Waals surface area (Å²) in [6.07, 6.45) is 5.54. The third-order valence-corrected chi connectivity index (χ3v) is 5.46. The Morgan fingerprint density at radius 1 is 1.17 bits per heavy atom. The summed E-state index contributed by atoms with van der Waals surface area (Å²) >= 11 is 0. The molecule has 23 heavy (non-hydrogen) atoms. The lowest BCUT2D eigenvalue weighted by Gasteiger charge is -2.39. The molecule has 0 spiro atoms. The molecule has 2 saturated carbocycles. The highest BCUT2D eigenvalue weighted by Gasteiger charge is 2.43. The minimum Gasteiger partial charge on any atom is -0.496 e. The molecule has 1 saturated heterocycles. The van der Waals surface area contributed by atoms with Crippen LogP contribution in [0.25, 0.3) is 0 Å². The molecule has 3 fully saturated rings. The molecule has 0 aromatic heterocycles. The van der Waals surface area contributed by atoms with Crippen LogP contribution < -0.4 is 4.74 Å². The van der Waals surface area contributed by atoms with Crippen molar-refractivity contribution in [3.8, 4) is 5.75 Å². The minimum absolute atomic E-state index is 0.247. The van der Waals surface area contributed by atoms with Gasteiger partial charge in [0.2, 0.25) is 0 Å². The van der Waals surface area contributed by atoms with Crippen LogP contribution in [0.2, 0.25) is 0 Å². The number of hydrogen-bond donors (Lipinski definition) is 0. The lowest BCUT2D eigenvalue weighted by Crippen LogP contribution is -2.51. The van der Waals surface area contributed by atoms with Crippen LogP contribution in [0.5, 0.6) is 5.75 Å². The number of fused-ring (bicyclic) bond motifs is 1. The van der Waals surface area contributed by atoms with Gasteiger partial charge in [-0.25, -0.2) is 0 Å². The average molecular weight is 317 g/mol. The smallest absolute Gasteiger partial charge is 0.123 e. The van der Waals surface area contributed by atoms with Gasteiger partial charge in [0.15, 0.2) is 0 Å². The van der Waals surface area contributed by atoms with Crippen molar-refractivity contribution in [2.75, 3.05) is 26.9 Å². The maximum atomic E-state index is 6.16. The van der Waals surface area contributed by atoms with E-state index in [1.54, 1.807) is 7.11 Å². The van der Waals surface area contributed by atoms with Gasteiger partial charge in [0.25, 0.3) is 0 Å². The number of hydrogen-bond acceptors (Lipinski definition) is 4. The van der Waals surface area contributed by atoms with Crippen LogP contribution in [0.1, 0.15) is 31.2 Å². The topological polar surface area (TPSA) is 30.9 Å². The normalized spacial score (nSPS) is 31.1. The Morgan fingerprint density at radius 3 is 2.87 bits per heavy atom. The molecule has 3 atom stereocenters. The first kappa shape index (κ1) is 15.4. The van der Waals surface area contributed by atoms with Gasteiger partial charge in [0.05, 0.1) is 25.9 Å². The molecular weight excluding hydrogens is 290 g/mol. The van der Waals surface area contributed by atoms with E-state index in [0.717, 1.165) is 44.4 Å². The van der Waals surface area contributed by atoms with E-state index < -0.39 is 0 Å². The SMILES string of the molecule is COc1ccccc1CN1CCO[C@@H]2[C@@H](OCC3CC3)CC[C@H]21. The molecule has 1 aromatic rings. The van der Waals surface area contributed by atoms with Crippen molar-refractivity contribution in [3.05, 3.63) is 29.8 Å². The van der Waals surface area contributed by atoms with Gasteiger partial charge in [0, 0.05) is 31.3 Å². The minimum atomic E-state index is 0.247. The fraction of sp³-hybridized carbons (Fsp3) is 0.684. The molecule has 4 rings (SSSR count). The summed E-state index contributed by atoms with van der Waals surface area (Å²) in [4.78, 5) is 2.56. The summed E-state index contributed by atoms with van der Waals surface area (Å²) in [6.45, 7) is 3.67. The van der Waals surface area contributed by atoms with Gasteiger partial charge in [-0.15, -0.1) is 0 Å². The quantitative estimate of drug-likeness (QED) is 0.807. The van der Waals surface area contributed by atoms with E-state index >= 15 is 0 Å². The Morgan fingerprint density at radius 2 is 2.04 bits per heavy atom. The van der Waals surface area contributed by atoms with Gasteiger partial charge in [-0.2, -0.15) is 0 Å². The lowest BCUT2D eigenvalue weighted by atomic mass is 10.1.